The Balaban J connectivity index is 1.44. The standard InChI is InChI=1S/C35H30N4O5/c1-4-14-42-30-13-11-25(15-22(30)2)33-26(20-39(37-33)27-8-6-5-7-9-27)17-28-23(3)29(18-36)35(41)38(34(28)40)19-24-10-12-31-32(16-24)44-21-43-31/h5-13,15-17,20H,4,14,19,21H2,1-3H3/b28-17+. The van der Waals surface area contributed by atoms with E-state index >= 15 is 0 Å². The van der Waals surface area contributed by atoms with Gasteiger partial charge in [-0.3, -0.25) is 14.5 Å². The van der Waals surface area contributed by atoms with Crippen molar-refractivity contribution in [2.75, 3.05) is 13.4 Å². The van der Waals surface area contributed by atoms with E-state index in [9.17, 15) is 14.9 Å². The zero-order valence-corrected chi connectivity index (χ0v) is 24.7. The van der Waals surface area contributed by atoms with Gasteiger partial charge in [-0.1, -0.05) is 31.2 Å². The van der Waals surface area contributed by atoms with Gasteiger partial charge in [-0.25, -0.2) is 4.68 Å². The first-order valence-corrected chi connectivity index (χ1v) is 14.3. The molecule has 9 heteroatoms. The number of nitrogens with zero attached hydrogens (tertiary/aromatic N) is 4. The Morgan fingerprint density at radius 1 is 1.00 bits per heavy atom. The Hall–Kier alpha value is -5.62. The molecule has 0 aliphatic carbocycles. The number of hydrogen-bond acceptors (Lipinski definition) is 7. The molecule has 0 saturated heterocycles. The molecular formula is C35H30N4O5. The van der Waals surface area contributed by atoms with E-state index in [4.69, 9.17) is 19.3 Å². The third kappa shape index (κ3) is 5.34. The van der Waals surface area contributed by atoms with E-state index in [1.165, 1.54) is 0 Å². The van der Waals surface area contributed by atoms with Crippen molar-refractivity contribution in [3.8, 4) is 40.3 Å². The molecule has 2 aliphatic rings. The molecular weight excluding hydrogens is 556 g/mol. The fraction of sp³-hybridized carbons (Fsp3) is 0.200. The van der Waals surface area contributed by atoms with Crippen LogP contribution in [0, 0.1) is 18.3 Å². The summed E-state index contributed by atoms with van der Waals surface area (Å²) in [5.41, 5.74) is 5.10. The summed E-state index contributed by atoms with van der Waals surface area (Å²) in [6.45, 7) is 6.38. The van der Waals surface area contributed by atoms with Gasteiger partial charge in [0.15, 0.2) is 11.5 Å². The number of ether oxygens (including phenoxy) is 3. The third-order valence-electron chi connectivity index (χ3n) is 7.58. The molecule has 0 atom stereocenters. The average Bonchev–Trinajstić information content (AvgIpc) is 3.68. The lowest BCUT2D eigenvalue weighted by atomic mass is 9.92. The summed E-state index contributed by atoms with van der Waals surface area (Å²) in [6.07, 6.45) is 4.46. The van der Waals surface area contributed by atoms with E-state index in [1.807, 2.05) is 67.7 Å². The van der Waals surface area contributed by atoms with Crippen molar-refractivity contribution >= 4 is 17.9 Å². The molecule has 0 bridgehead atoms. The zero-order valence-electron chi connectivity index (χ0n) is 24.7. The number of carbonyl (C=O) groups is 2. The first kappa shape index (κ1) is 28.5. The van der Waals surface area contributed by atoms with E-state index in [1.54, 1.807) is 35.9 Å². The number of nitriles is 1. The summed E-state index contributed by atoms with van der Waals surface area (Å²) < 4.78 is 18.5. The molecule has 0 N–H and O–H groups in total. The Morgan fingerprint density at radius 3 is 2.55 bits per heavy atom. The number of carbonyl (C=O) groups excluding carboxylic acids is 2. The van der Waals surface area contributed by atoms with Gasteiger partial charge in [0.05, 0.1) is 24.5 Å². The lowest BCUT2D eigenvalue weighted by Gasteiger charge is -2.27. The van der Waals surface area contributed by atoms with Crippen LogP contribution in [0.4, 0.5) is 0 Å². The van der Waals surface area contributed by atoms with Gasteiger partial charge >= 0.3 is 0 Å². The number of aryl methyl sites for hydroxylation is 1. The maximum atomic E-state index is 14.0. The number of rotatable bonds is 8. The molecule has 2 amide bonds. The van der Waals surface area contributed by atoms with Crippen LogP contribution in [0.1, 0.15) is 37.0 Å². The second kappa shape index (κ2) is 11.9. The SMILES string of the molecule is CCCOc1ccc(-c2nn(-c3ccccc3)cc2/C=C2/C(=O)N(Cc3ccc4c(c3)OCO4)C(=O)C(C#N)=C2C)cc1C. The zero-order chi connectivity index (χ0) is 30.8. The van der Waals surface area contributed by atoms with Crippen LogP contribution < -0.4 is 14.2 Å². The van der Waals surface area contributed by atoms with Gasteiger partial charge in [0.1, 0.15) is 17.4 Å². The Bertz CT molecular complexity index is 1880. The number of fused-ring (bicyclic) bond motifs is 1. The number of aromatic nitrogens is 2. The summed E-state index contributed by atoms with van der Waals surface area (Å²) in [7, 11) is 0. The first-order valence-electron chi connectivity index (χ1n) is 14.3. The van der Waals surface area contributed by atoms with Crippen molar-refractivity contribution in [1.82, 2.24) is 14.7 Å². The molecule has 0 fully saturated rings. The van der Waals surface area contributed by atoms with Gasteiger partial charge in [-0.05, 0) is 85.5 Å². The first-order chi connectivity index (χ1) is 21.4. The quantitative estimate of drug-likeness (QED) is 0.180. The Kier molecular flexibility index (Phi) is 7.73. The maximum absolute atomic E-state index is 14.0. The second-order valence-corrected chi connectivity index (χ2v) is 10.6. The fourth-order valence-electron chi connectivity index (χ4n) is 5.25. The minimum Gasteiger partial charge on any atom is -0.493 e. The molecule has 0 unspecified atom stereocenters. The van der Waals surface area contributed by atoms with Crippen molar-refractivity contribution in [2.24, 2.45) is 0 Å². The van der Waals surface area contributed by atoms with Crippen LogP contribution in [0.25, 0.3) is 23.0 Å². The predicted molar refractivity (Wildman–Crippen MR) is 164 cm³/mol. The van der Waals surface area contributed by atoms with Crippen molar-refractivity contribution in [3.05, 3.63) is 106 Å². The number of benzene rings is 3. The Labute approximate surface area is 255 Å². The maximum Gasteiger partial charge on any atom is 0.271 e. The normalized spacial score (nSPS) is 15.2. The van der Waals surface area contributed by atoms with Gasteiger partial charge < -0.3 is 14.2 Å². The van der Waals surface area contributed by atoms with Gasteiger partial charge in [-0.2, -0.15) is 10.4 Å². The molecule has 3 aromatic carbocycles. The minimum absolute atomic E-state index is 0.0291. The van der Waals surface area contributed by atoms with E-state index in [0.717, 1.165) is 33.9 Å². The highest BCUT2D eigenvalue weighted by atomic mass is 16.7. The van der Waals surface area contributed by atoms with Crippen molar-refractivity contribution in [1.29, 1.82) is 5.26 Å². The summed E-state index contributed by atoms with van der Waals surface area (Å²) in [5.74, 6) is 0.810. The fourth-order valence-corrected chi connectivity index (χ4v) is 5.25. The predicted octanol–water partition coefficient (Wildman–Crippen LogP) is 6.16. The van der Waals surface area contributed by atoms with E-state index in [0.29, 0.717) is 40.5 Å². The molecule has 0 saturated carbocycles. The Morgan fingerprint density at radius 2 is 1.80 bits per heavy atom. The molecule has 2 aliphatic heterocycles. The molecule has 1 aromatic heterocycles. The van der Waals surface area contributed by atoms with Crippen LogP contribution in [0.3, 0.4) is 0 Å². The largest absolute Gasteiger partial charge is 0.493 e. The van der Waals surface area contributed by atoms with Crippen LogP contribution in [-0.2, 0) is 16.1 Å². The lowest BCUT2D eigenvalue weighted by Crippen LogP contribution is -2.42. The van der Waals surface area contributed by atoms with E-state index < -0.39 is 11.8 Å². The van der Waals surface area contributed by atoms with Crippen molar-refractivity contribution < 1.29 is 23.8 Å². The lowest BCUT2D eigenvalue weighted by molar-refractivity contribution is -0.141. The average molecular weight is 587 g/mol. The van der Waals surface area contributed by atoms with Gasteiger partial charge in [0.2, 0.25) is 6.79 Å². The summed E-state index contributed by atoms with van der Waals surface area (Å²) in [5, 5.41) is 14.9. The van der Waals surface area contributed by atoms with Gasteiger partial charge in [-0.15, -0.1) is 0 Å². The molecule has 9 nitrogen and oxygen atoms in total. The third-order valence-corrected chi connectivity index (χ3v) is 7.58. The smallest absolute Gasteiger partial charge is 0.271 e. The van der Waals surface area contributed by atoms with Crippen LogP contribution in [-0.4, -0.2) is 39.9 Å². The molecule has 0 spiro atoms. The highest BCUT2D eigenvalue weighted by molar-refractivity contribution is 6.19. The van der Waals surface area contributed by atoms with Gasteiger partial charge in [0, 0.05) is 22.9 Å². The molecule has 6 rings (SSSR count). The van der Waals surface area contributed by atoms with Crippen LogP contribution in [0.5, 0.6) is 17.2 Å². The van der Waals surface area contributed by atoms with Crippen LogP contribution in [0.15, 0.2) is 89.6 Å². The number of imide groups is 1. The van der Waals surface area contributed by atoms with Crippen LogP contribution in [0.2, 0.25) is 0 Å². The molecule has 44 heavy (non-hydrogen) atoms. The molecule has 3 heterocycles. The molecule has 4 aromatic rings. The summed E-state index contributed by atoms with van der Waals surface area (Å²) in [6, 6.07) is 22.8. The topological polar surface area (TPSA) is 107 Å². The summed E-state index contributed by atoms with van der Waals surface area (Å²) in [4.78, 5) is 28.4. The van der Waals surface area contributed by atoms with Crippen molar-refractivity contribution in [3.63, 3.8) is 0 Å². The second-order valence-electron chi connectivity index (χ2n) is 10.6. The van der Waals surface area contributed by atoms with Gasteiger partial charge in [0.25, 0.3) is 11.8 Å². The highest BCUT2D eigenvalue weighted by Gasteiger charge is 2.36. The number of hydrogen-bond donors (Lipinski definition) is 0. The molecule has 220 valence electrons. The number of amides is 2. The monoisotopic (exact) mass is 586 g/mol. The summed E-state index contributed by atoms with van der Waals surface area (Å²) >= 11 is 0. The minimum atomic E-state index is -0.636. The van der Waals surface area contributed by atoms with E-state index in [-0.39, 0.29) is 24.5 Å². The molecule has 0 radical (unpaired) electrons. The van der Waals surface area contributed by atoms with E-state index in [2.05, 4.69) is 6.92 Å². The van der Waals surface area contributed by atoms with Crippen LogP contribution >= 0.6 is 0 Å². The van der Waals surface area contributed by atoms with Crippen molar-refractivity contribution in [2.45, 2.75) is 33.7 Å². The number of para-hydroxylation sites is 1. The highest BCUT2D eigenvalue weighted by Crippen LogP contribution is 2.35.